The predicted molar refractivity (Wildman–Crippen MR) is 105 cm³/mol. The van der Waals surface area contributed by atoms with Crippen molar-refractivity contribution in [1.82, 2.24) is 0 Å². The van der Waals surface area contributed by atoms with E-state index in [4.69, 9.17) is 10.3 Å². The maximum absolute atomic E-state index is 10.7. The second kappa shape index (κ2) is 14.5. The SMILES string of the molecule is CC(C)CCCCCCCC/C=C/C/C=C/C(O)C(N)CS(=O)(=O)O. The van der Waals surface area contributed by atoms with Gasteiger partial charge in [0.15, 0.2) is 0 Å². The summed E-state index contributed by atoms with van der Waals surface area (Å²) in [6, 6.07) is -1.02. The van der Waals surface area contributed by atoms with E-state index in [0.29, 0.717) is 6.42 Å². The third-order valence-electron chi connectivity index (χ3n) is 4.02. The summed E-state index contributed by atoms with van der Waals surface area (Å²) < 4.78 is 30.0. The summed E-state index contributed by atoms with van der Waals surface area (Å²) in [7, 11) is -4.16. The van der Waals surface area contributed by atoms with E-state index in [9.17, 15) is 13.5 Å². The summed E-state index contributed by atoms with van der Waals surface area (Å²) in [4.78, 5) is 0. The molecule has 25 heavy (non-hydrogen) atoms. The third-order valence-corrected chi connectivity index (χ3v) is 4.82. The predicted octanol–water partition coefficient (Wildman–Crippen LogP) is 3.84. The van der Waals surface area contributed by atoms with Crippen LogP contribution in [-0.2, 0) is 10.1 Å². The van der Waals surface area contributed by atoms with Gasteiger partial charge in [-0.1, -0.05) is 76.7 Å². The summed E-state index contributed by atoms with van der Waals surface area (Å²) in [5.74, 6) is 0.171. The minimum atomic E-state index is -4.16. The molecule has 5 nitrogen and oxygen atoms in total. The molecule has 6 heteroatoms. The van der Waals surface area contributed by atoms with Crippen LogP contribution >= 0.6 is 0 Å². The van der Waals surface area contributed by atoms with E-state index in [2.05, 4.69) is 19.9 Å². The highest BCUT2D eigenvalue weighted by Crippen LogP contribution is 2.12. The molecule has 0 aromatic rings. The van der Waals surface area contributed by atoms with E-state index in [0.717, 1.165) is 12.3 Å². The molecule has 0 aliphatic heterocycles. The van der Waals surface area contributed by atoms with Crippen LogP contribution in [0.3, 0.4) is 0 Å². The van der Waals surface area contributed by atoms with Crippen molar-refractivity contribution in [2.24, 2.45) is 11.7 Å². The summed E-state index contributed by atoms with van der Waals surface area (Å²) >= 11 is 0. The standard InChI is InChI=1S/C19H37NO4S/c1-17(2)14-12-10-8-6-4-3-5-7-9-11-13-15-19(21)18(20)16-25(22,23)24/h7,9,13,15,17-19,21H,3-6,8,10-12,14,16,20H2,1-2H3,(H,22,23,24)/b9-7+,15-13+. The molecular formula is C19H37NO4S. The van der Waals surface area contributed by atoms with Gasteiger partial charge >= 0.3 is 0 Å². The maximum Gasteiger partial charge on any atom is 0.266 e. The van der Waals surface area contributed by atoms with E-state index >= 15 is 0 Å². The lowest BCUT2D eigenvalue weighted by Crippen LogP contribution is -2.39. The first kappa shape index (κ1) is 24.3. The first-order valence-corrected chi connectivity index (χ1v) is 11.0. The van der Waals surface area contributed by atoms with E-state index in [-0.39, 0.29) is 0 Å². The number of allylic oxidation sites excluding steroid dienone is 3. The molecule has 2 atom stereocenters. The van der Waals surface area contributed by atoms with Crippen LogP contribution in [0.5, 0.6) is 0 Å². The van der Waals surface area contributed by atoms with Gasteiger partial charge in [-0.15, -0.1) is 0 Å². The Morgan fingerprint density at radius 1 is 0.960 bits per heavy atom. The van der Waals surface area contributed by atoms with Gasteiger partial charge in [-0.25, -0.2) is 0 Å². The van der Waals surface area contributed by atoms with Crippen LogP contribution in [0.4, 0.5) is 0 Å². The van der Waals surface area contributed by atoms with Crippen LogP contribution in [0.1, 0.15) is 71.6 Å². The van der Waals surface area contributed by atoms with Crippen LogP contribution in [0.15, 0.2) is 24.3 Å². The smallest absolute Gasteiger partial charge is 0.266 e. The minimum Gasteiger partial charge on any atom is -0.387 e. The zero-order valence-electron chi connectivity index (χ0n) is 15.8. The second-order valence-corrected chi connectivity index (χ2v) is 8.63. The van der Waals surface area contributed by atoms with Crippen molar-refractivity contribution in [2.75, 3.05) is 5.75 Å². The van der Waals surface area contributed by atoms with E-state index in [1.807, 2.05) is 6.08 Å². The molecule has 0 saturated heterocycles. The lowest BCUT2D eigenvalue weighted by Gasteiger charge is -2.13. The number of aliphatic hydroxyl groups is 1. The van der Waals surface area contributed by atoms with Gasteiger partial charge < -0.3 is 10.8 Å². The fourth-order valence-corrected chi connectivity index (χ4v) is 3.20. The molecule has 2 unspecified atom stereocenters. The largest absolute Gasteiger partial charge is 0.387 e. The zero-order chi connectivity index (χ0) is 19.1. The number of unbranched alkanes of at least 4 members (excludes halogenated alkanes) is 6. The Morgan fingerprint density at radius 2 is 1.56 bits per heavy atom. The zero-order valence-corrected chi connectivity index (χ0v) is 16.6. The highest BCUT2D eigenvalue weighted by Gasteiger charge is 2.18. The number of hydrogen-bond donors (Lipinski definition) is 3. The summed E-state index contributed by atoms with van der Waals surface area (Å²) in [6.07, 6.45) is 17.2. The van der Waals surface area contributed by atoms with Crippen molar-refractivity contribution >= 4 is 10.1 Å². The van der Waals surface area contributed by atoms with Gasteiger partial charge in [0.25, 0.3) is 10.1 Å². The lowest BCUT2D eigenvalue weighted by molar-refractivity contribution is 0.198. The van der Waals surface area contributed by atoms with Gasteiger partial charge in [-0.05, 0) is 25.2 Å². The fourth-order valence-electron chi connectivity index (χ4n) is 2.52. The van der Waals surface area contributed by atoms with Gasteiger partial charge in [0, 0.05) is 0 Å². The fraction of sp³-hybridized carbons (Fsp3) is 0.789. The van der Waals surface area contributed by atoms with Gasteiger partial charge in [-0.2, -0.15) is 8.42 Å². The number of aliphatic hydroxyl groups excluding tert-OH is 1. The van der Waals surface area contributed by atoms with E-state index in [1.165, 1.54) is 51.0 Å². The van der Waals surface area contributed by atoms with Crippen LogP contribution < -0.4 is 5.73 Å². The van der Waals surface area contributed by atoms with Crippen molar-refractivity contribution in [3.63, 3.8) is 0 Å². The highest BCUT2D eigenvalue weighted by atomic mass is 32.2. The molecule has 4 N–H and O–H groups in total. The van der Waals surface area contributed by atoms with Crippen molar-refractivity contribution < 1.29 is 18.1 Å². The molecule has 0 spiro atoms. The molecule has 0 aromatic heterocycles. The van der Waals surface area contributed by atoms with Gasteiger partial charge in [-0.3, -0.25) is 4.55 Å². The quantitative estimate of drug-likeness (QED) is 0.229. The molecule has 0 heterocycles. The molecular weight excluding hydrogens is 338 g/mol. The summed E-state index contributed by atoms with van der Waals surface area (Å²) in [5.41, 5.74) is 5.50. The van der Waals surface area contributed by atoms with Crippen LogP contribution in [0.25, 0.3) is 0 Å². The lowest BCUT2D eigenvalue weighted by atomic mass is 10.0. The monoisotopic (exact) mass is 375 g/mol. The van der Waals surface area contributed by atoms with Crippen molar-refractivity contribution in [3.05, 3.63) is 24.3 Å². The first-order chi connectivity index (χ1) is 11.7. The molecule has 0 aliphatic rings. The second-order valence-electron chi connectivity index (χ2n) is 7.13. The molecule has 0 aromatic carbocycles. The third kappa shape index (κ3) is 17.9. The van der Waals surface area contributed by atoms with Crippen LogP contribution in [0.2, 0.25) is 0 Å². The maximum atomic E-state index is 10.7. The number of rotatable bonds is 15. The van der Waals surface area contributed by atoms with Crippen molar-refractivity contribution in [1.29, 1.82) is 0 Å². The Balaban J connectivity index is 3.59. The highest BCUT2D eigenvalue weighted by molar-refractivity contribution is 7.85. The molecule has 148 valence electrons. The topological polar surface area (TPSA) is 101 Å². The average Bonchev–Trinajstić information content (AvgIpc) is 2.49. The van der Waals surface area contributed by atoms with E-state index < -0.39 is 28.0 Å². The molecule has 0 bridgehead atoms. The molecule has 0 aliphatic carbocycles. The van der Waals surface area contributed by atoms with Crippen LogP contribution in [0, 0.1) is 5.92 Å². The van der Waals surface area contributed by atoms with Crippen LogP contribution in [-0.4, -0.2) is 36.0 Å². The molecule has 0 radical (unpaired) electrons. The van der Waals surface area contributed by atoms with Gasteiger partial charge in [0.1, 0.15) is 0 Å². The van der Waals surface area contributed by atoms with Gasteiger partial charge in [0.2, 0.25) is 0 Å². The first-order valence-electron chi connectivity index (χ1n) is 9.43. The Morgan fingerprint density at radius 3 is 2.16 bits per heavy atom. The molecule has 0 amide bonds. The Bertz CT molecular complexity index is 472. The average molecular weight is 376 g/mol. The Kier molecular flexibility index (Phi) is 14.1. The Labute approximate surface area is 154 Å². The van der Waals surface area contributed by atoms with Crippen molar-refractivity contribution in [2.45, 2.75) is 83.8 Å². The molecule has 0 fully saturated rings. The van der Waals surface area contributed by atoms with Crippen molar-refractivity contribution in [3.8, 4) is 0 Å². The number of hydrogen-bond acceptors (Lipinski definition) is 4. The van der Waals surface area contributed by atoms with Gasteiger partial charge in [0.05, 0.1) is 17.9 Å². The molecule has 0 saturated carbocycles. The minimum absolute atomic E-state index is 0.647. The Hall–Kier alpha value is -0.690. The molecule has 0 rings (SSSR count). The van der Waals surface area contributed by atoms with E-state index in [1.54, 1.807) is 6.08 Å². The summed E-state index contributed by atoms with van der Waals surface area (Å²) in [6.45, 7) is 4.55. The summed E-state index contributed by atoms with van der Waals surface area (Å²) in [5, 5.41) is 9.66. The normalized spacial score (nSPS) is 15.4. The number of nitrogens with two attached hydrogens (primary N) is 1.